The van der Waals surface area contributed by atoms with Gasteiger partial charge in [0.05, 0.1) is 23.4 Å². The van der Waals surface area contributed by atoms with Gasteiger partial charge in [0.1, 0.15) is 5.82 Å². The zero-order valence-corrected chi connectivity index (χ0v) is 17.8. The summed E-state index contributed by atoms with van der Waals surface area (Å²) in [4.78, 5) is 21.2. The Kier molecular flexibility index (Phi) is 5.89. The molecule has 0 aliphatic carbocycles. The number of benzene rings is 2. The van der Waals surface area contributed by atoms with Crippen LogP contribution < -0.4 is 5.32 Å². The van der Waals surface area contributed by atoms with Gasteiger partial charge in [-0.2, -0.15) is 0 Å². The van der Waals surface area contributed by atoms with E-state index in [-0.39, 0.29) is 5.91 Å². The third kappa shape index (κ3) is 5.04. The van der Waals surface area contributed by atoms with Crippen molar-refractivity contribution >= 4 is 5.91 Å². The summed E-state index contributed by atoms with van der Waals surface area (Å²) in [6.45, 7) is 6.24. The maximum atomic E-state index is 12.3. The molecule has 6 nitrogen and oxygen atoms in total. The Balaban J connectivity index is 1.46. The maximum Gasteiger partial charge on any atom is 0.224 e. The second-order valence-corrected chi connectivity index (χ2v) is 7.65. The van der Waals surface area contributed by atoms with E-state index in [1.807, 2.05) is 75.4 Å². The number of carbonyl (C=O) groups excluding carboxylic acids is 1. The van der Waals surface area contributed by atoms with E-state index in [1.54, 1.807) is 6.20 Å². The Bertz CT molecular complexity index is 1210. The molecule has 0 radical (unpaired) electrons. The predicted octanol–water partition coefficient (Wildman–Crippen LogP) is 4.58. The smallest absolute Gasteiger partial charge is 0.224 e. The van der Waals surface area contributed by atoms with Gasteiger partial charge in [0, 0.05) is 24.4 Å². The molecule has 31 heavy (non-hydrogen) atoms. The largest absolute Gasteiger partial charge is 0.356 e. The molecule has 0 unspecified atom stereocenters. The summed E-state index contributed by atoms with van der Waals surface area (Å²) < 4.78 is 5.42. The number of carbonyl (C=O) groups is 1. The lowest BCUT2D eigenvalue weighted by molar-refractivity contribution is -0.120. The molecule has 0 bridgehead atoms. The number of rotatable bonds is 6. The van der Waals surface area contributed by atoms with E-state index in [0.29, 0.717) is 24.6 Å². The molecule has 156 valence electrons. The van der Waals surface area contributed by atoms with Crippen molar-refractivity contribution < 1.29 is 9.32 Å². The van der Waals surface area contributed by atoms with Gasteiger partial charge in [-0.05, 0) is 31.9 Å². The third-order valence-corrected chi connectivity index (χ3v) is 4.97. The van der Waals surface area contributed by atoms with Crippen LogP contribution in [0.25, 0.3) is 22.6 Å². The molecule has 1 amide bonds. The van der Waals surface area contributed by atoms with Gasteiger partial charge < -0.3 is 9.84 Å². The zero-order chi connectivity index (χ0) is 21.8. The van der Waals surface area contributed by atoms with Crippen LogP contribution in [-0.2, 0) is 17.8 Å². The van der Waals surface area contributed by atoms with E-state index in [4.69, 9.17) is 4.52 Å². The van der Waals surface area contributed by atoms with Gasteiger partial charge in [-0.3, -0.25) is 4.79 Å². The van der Waals surface area contributed by atoms with Gasteiger partial charge in [0.2, 0.25) is 5.91 Å². The van der Waals surface area contributed by atoms with Crippen LogP contribution in [0.4, 0.5) is 0 Å². The molecule has 2 heterocycles. The summed E-state index contributed by atoms with van der Waals surface area (Å²) in [5.41, 5.74) is 6.53. The number of amides is 1. The Morgan fingerprint density at radius 1 is 1.00 bits per heavy atom. The second kappa shape index (κ2) is 8.92. The van der Waals surface area contributed by atoms with Gasteiger partial charge in [-0.15, -0.1) is 0 Å². The molecule has 0 spiro atoms. The highest BCUT2D eigenvalue weighted by Gasteiger charge is 2.14. The fraction of sp³-hybridized carbons (Fsp3) is 0.200. The number of nitrogens with zero attached hydrogens (tertiary/aromatic N) is 3. The first kappa shape index (κ1) is 20.5. The van der Waals surface area contributed by atoms with Crippen molar-refractivity contribution in [3.8, 4) is 22.6 Å². The van der Waals surface area contributed by atoms with Crippen LogP contribution >= 0.6 is 0 Å². The van der Waals surface area contributed by atoms with Crippen LogP contribution in [0, 0.1) is 20.8 Å². The molecule has 2 aromatic heterocycles. The number of nitrogens with one attached hydrogen (secondary N) is 1. The van der Waals surface area contributed by atoms with Crippen LogP contribution in [0.1, 0.15) is 28.2 Å². The number of aryl methyl sites for hydroxylation is 3. The normalized spacial score (nSPS) is 10.8. The first-order valence-corrected chi connectivity index (χ1v) is 10.2. The fourth-order valence-electron chi connectivity index (χ4n) is 3.41. The summed E-state index contributed by atoms with van der Waals surface area (Å²) in [6.07, 6.45) is 2.14. The van der Waals surface area contributed by atoms with Crippen LogP contribution in [0.2, 0.25) is 0 Å². The number of hydrogen-bond acceptors (Lipinski definition) is 5. The molecule has 0 aliphatic heterocycles. The molecule has 2 aromatic carbocycles. The van der Waals surface area contributed by atoms with E-state index < -0.39 is 0 Å². The molecule has 0 aliphatic rings. The van der Waals surface area contributed by atoms with Crippen LogP contribution in [-0.4, -0.2) is 21.0 Å². The molecule has 1 N–H and O–H groups in total. The maximum absolute atomic E-state index is 12.3. The molecule has 0 fully saturated rings. The van der Waals surface area contributed by atoms with Gasteiger partial charge in [-0.25, -0.2) is 9.97 Å². The Hall–Kier alpha value is -3.80. The topological polar surface area (TPSA) is 80.9 Å². The highest BCUT2D eigenvalue weighted by atomic mass is 16.5. The van der Waals surface area contributed by atoms with E-state index in [9.17, 15) is 4.79 Å². The predicted molar refractivity (Wildman–Crippen MR) is 119 cm³/mol. The minimum absolute atomic E-state index is 0.00378. The average molecular weight is 412 g/mol. The third-order valence-electron chi connectivity index (χ3n) is 4.97. The lowest BCUT2D eigenvalue weighted by Gasteiger charge is -2.09. The molecule has 0 saturated heterocycles. The van der Waals surface area contributed by atoms with Gasteiger partial charge in [0.25, 0.3) is 0 Å². The van der Waals surface area contributed by atoms with Crippen molar-refractivity contribution in [3.63, 3.8) is 0 Å². The van der Waals surface area contributed by atoms with Crippen molar-refractivity contribution in [2.75, 3.05) is 0 Å². The molecular formula is C25H24N4O2. The van der Waals surface area contributed by atoms with Gasteiger partial charge in [-0.1, -0.05) is 59.3 Å². The van der Waals surface area contributed by atoms with E-state index >= 15 is 0 Å². The molecule has 6 heteroatoms. The van der Waals surface area contributed by atoms with Gasteiger partial charge >= 0.3 is 0 Å². The van der Waals surface area contributed by atoms with Gasteiger partial charge in [0.15, 0.2) is 5.76 Å². The highest BCUT2D eigenvalue weighted by Crippen LogP contribution is 2.30. The summed E-state index contributed by atoms with van der Waals surface area (Å²) in [6, 6.07) is 17.9. The molecule has 0 saturated carbocycles. The standard InChI is InChI=1S/C25H24N4O2/c1-16-5-4-6-20(11-16)13-24(30)27-14-19-7-9-21(10-8-19)25-22(15-26-18(3)28-25)23-12-17(2)29-31-23/h4-12,15H,13-14H2,1-3H3,(H,27,30). The molecular weight excluding hydrogens is 388 g/mol. The Labute approximate surface area is 181 Å². The van der Waals surface area contributed by atoms with Crippen molar-refractivity contribution in [2.45, 2.75) is 33.7 Å². The molecule has 4 rings (SSSR count). The first-order chi connectivity index (χ1) is 15.0. The van der Waals surface area contributed by atoms with Crippen LogP contribution in [0.3, 0.4) is 0 Å². The van der Waals surface area contributed by atoms with Crippen molar-refractivity contribution in [1.29, 1.82) is 0 Å². The fourth-order valence-corrected chi connectivity index (χ4v) is 3.41. The molecule has 4 aromatic rings. The lowest BCUT2D eigenvalue weighted by Crippen LogP contribution is -2.24. The van der Waals surface area contributed by atoms with E-state index in [0.717, 1.165) is 39.2 Å². The minimum atomic E-state index is 0.00378. The van der Waals surface area contributed by atoms with Crippen LogP contribution in [0.15, 0.2) is 65.3 Å². The van der Waals surface area contributed by atoms with Crippen molar-refractivity contribution in [3.05, 3.63) is 89.0 Å². The SMILES string of the molecule is Cc1cccc(CC(=O)NCc2ccc(-c3nc(C)ncc3-c3cc(C)no3)cc2)c1. The minimum Gasteiger partial charge on any atom is -0.356 e. The zero-order valence-electron chi connectivity index (χ0n) is 17.8. The lowest BCUT2D eigenvalue weighted by atomic mass is 10.0. The summed E-state index contributed by atoms with van der Waals surface area (Å²) in [7, 11) is 0. The Morgan fingerprint density at radius 2 is 1.81 bits per heavy atom. The van der Waals surface area contributed by atoms with Crippen molar-refractivity contribution in [1.82, 2.24) is 20.4 Å². The summed E-state index contributed by atoms with van der Waals surface area (Å²) in [5.74, 6) is 1.33. The van der Waals surface area contributed by atoms with E-state index in [1.165, 1.54) is 0 Å². The van der Waals surface area contributed by atoms with Crippen molar-refractivity contribution in [2.24, 2.45) is 0 Å². The second-order valence-electron chi connectivity index (χ2n) is 7.65. The average Bonchev–Trinajstić information content (AvgIpc) is 3.19. The number of hydrogen-bond donors (Lipinski definition) is 1. The highest BCUT2D eigenvalue weighted by molar-refractivity contribution is 5.79. The monoisotopic (exact) mass is 412 g/mol. The quantitative estimate of drug-likeness (QED) is 0.501. The summed E-state index contributed by atoms with van der Waals surface area (Å²) in [5, 5.41) is 6.96. The number of aromatic nitrogens is 3. The summed E-state index contributed by atoms with van der Waals surface area (Å²) >= 11 is 0. The van der Waals surface area contributed by atoms with Crippen LogP contribution in [0.5, 0.6) is 0 Å². The van der Waals surface area contributed by atoms with E-state index in [2.05, 4.69) is 20.4 Å². The first-order valence-electron chi connectivity index (χ1n) is 10.2. The Morgan fingerprint density at radius 3 is 2.52 bits per heavy atom. The molecule has 0 atom stereocenters.